The van der Waals surface area contributed by atoms with E-state index >= 15 is 0 Å². The summed E-state index contributed by atoms with van der Waals surface area (Å²) in [7, 11) is 1.62. The van der Waals surface area contributed by atoms with Crippen molar-refractivity contribution in [2.75, 3.05) is 51.4 Å². The van der Waals surface area contributed by atoms with E-state index in [4.69, 9.17) is 28.9 Å². The van der Waals surface area contributed by atoms with Gasteiger partial charge in [0, 0.05) is 56.1 Å². The zero-order valence-electron chi connectivity index (χ0n) is 27.6. The molecule has 250 valence electrons. The Balaban J connectivity index is 1.03. The fraction of sp³-hybridized carbons (Fsp3) is 0.471. The number of piperidine rings is 1. The summed E-state index contributed by atoms with van der Waals surface area (Å²) in [5.74, 6) is 1.97. The first-order valence-corrected chi connectivity index (χ1v) is 16.1. The van der Waals surface area contributed by atoms with E-state index in [0.717, 1.165) is 25.5 Å². The smallest absolute Gasteiger partial charge is 0.410 e. The number of amides is 1. The number of hydrogen-bond donors (Lipinski definition) is 0. The van der Waals surface area contributed by atoms with Gasteiger partial charge in [-0.3, -0.25) is 9.88 Å². The van der Waals surface area contributed by atoms with Crippen LogP contribution in [0.15, 0.2) is 49.2 Å². The van der Waals surface area contributed by atoms with E-state index < -0.39 is 5.60 Å². The maximum absolute atomic E-state index is 12.6. The number of carbonyl (C=O) groups is 1. The summed E-state index contributed by atoms with van der Waals surface area (Å²) >= 11 is 0. The van der Waals surface area contributed by atoms with E-state index in [1.165, 1.54) is 18.2 Å². The molecular formula is C34H39N9O5. The van der Waals surface area contributed by atoms with Crippen molar-refractivity contribution in [3.8, 4) is 29.0 Å². The molecule has 0 aliphatic carbocycles. The summed E-state index contributed by atoms with van der Waals surface area (Å²) in [6.45, 7) is 9.55. The average Bonchev–Trinajstić information content (AvgIpc) is 3.52. The molecule has 48 heavy (non-hydrogen) atoms. The molecule has 1 amide bonds. The molecule has 3 atom stereocenters. The van der Waals surface area contributed by atoms with Crippen LogP contribution in [0.4, 0.5) is 10.6 Å². The lowest BCUT2D eigenvalue weighted by Crippen LogP contribution is -2.68. The number of rotatable bonds is 8. The molecule has 4 fully saturated rings. The monoisotopic (exact) mass is 653 g/mol. The number of hydrogen-bond acceptors (Lipinski definition) is 12. The molecular weight excluding hydrogens is 614 g/mol. The lowest BCUT2D eigenvalue weighted by atomic mass is 9.87. The number of morpholine rings is 1. The normalized spacial score (nSPS) is 21.0. The number of piperazine rings is 1. The molecule has 4 aliphatic rings. The Labute approximate surface area is 278 Å². The lowest BCUT2D eigenvalue weighted by Gasteiger charge is -2.56. The highest BCUT2D eigenvalue weighted by Crippen LogP contribution is 2.36. The third-order valence-corrected chi connectivity index (χ3v) is 8.89. The Morgan fingerprint density at radius 1 is 1.08 bits per heavy atom. The van der Waals surface area contributed by atoms with E-state index in [9.17, 15) is 10.1 Å². The van der Waals surface area contributed by atoms with Gasteiger partial charge in [0.1, 0.15) is 35.9 Å². The third kappa shape index (κ3) is 6.56. The number of carbonyl (C=O) groups excluding carboxylic acids is 1. The van der Waals surface area contributed by atoms with Gasteiger partial charge in [-0.15, -0.1) is 0 Å². The minimum Gasteiger partial charge on any atom is -0.489 e. The Morgan fingerprint density at radius 3 is 2.60 bits per heavy atom. The summed E-state index contributed by atoms with van der Waals surface area (Å²) in [4.78, 5) is 33.0. The Bertz CT molecular complexity index is 1800. The fourth-order valence-corrected chi connectivity index (χ4v) is 6.55. The van der Waals surface area contributed by atoms with Crippen molar-refractivity contribution in [2.45, 2.75) is 57.5 Å². The van der Waals surface area contributed by atoms with Crippen LogP contribution < -0.4 is 14.4 Å². The van der Waals surface area contributed by atoms with Crippen LogP contribution in [-0.4, -0.2) is 111 Å². The lowest BCUT2D eigenvalue weighted by molar-refractivity contribution is -0.0557. The third-order valence-electron chi connectivity index (χ3n) is 8.89. The molecule has 4 aromatic rings. The molecule has 4 saturated heterocycles. The quantitative estimate of drug-likeness (QED) is 0.274. The Kier molecular flexibility index (Phi) is 8.49. The van der Waals surface area contributed by atoms with Crippen LogP contribution in [0.1, 0.15) is 38.3 Å². The van der Waals surface area contributed by atoms with Crippen LogP contribution in [0.25, 0.3) is 16.8 Å². The van der Waals surface area contributed by atoms with Gasteiger partial charge in [0.15, 0.2) is 0 Å². The summed E-state index contributed by atoms with van der Waals surface area (Å²) < 4.78 is 24.4. The van der Waals surface area contributed by atoms with E-state index in [-0.39, 0.29) is 18.8 Å². The highest BCUT2D eigenvalue weighted by molar-refractivity contribution is 5.83. The Morgan fingerprint density at radius 2 is 1.92 bits per heavy atom. The van der Waals surface area contributed by atoms with E-state index in [1.54, 1.807) is 35.1 Å². The first-order valence-electron chi connectivity index (χ1n) is 16.1. The molecule has 8 rings (SSSR count). The standard InChI is InChI=1S/C34H39N9O5/c1-34(2,3)48-33(44)40-7-8-46-27(19-40)21-47-26-10-28(32-23(11-35)13-39-43(32)20-26)29-14-37-30(15-36-29)41-17-24-9-25(18-41)42(24)16-22-5-6-31(45-4)38-12-22/h5-6,10,12-15,20,24-25,27H,7-9,16-19,21H2,1-4H3/t24?,25?,27-/m1/s1. The van der Waals surface area contributed by atoms with Gasteiger partial charge in [-0.1, -0.05) is 6.07 Å². The van der Waals surface area contributed by atoms with Crippen LogP contribution in [0.3, 0.4) is 0 Å². The van der Waals surface area contributed by atoms with Gasteiger partial charge in [-0.2, -0.15) is 10.4 Å². The number of nitriles is 1. The molecule has 14 heteroatoms. The number of methoxy groups -OCH3 is 1. The van der Waals surface area contributed by atoms with Crippen molar-refractivity contribution < 1.29 is 23.7 Å². The van der Waals surface area contributed by atoms with Crippen molar-refractivity contribution in [1.29, 1.82) is 5.26 Å². The molecule has 0 saturated carbocycles. The summed E-state index contributed by atoms with van der Waals surface area (Å²) in [5, 5.41) is 14.2. The van der Waals surface area contributed by atoms with Crippen LogP contribution in [0.5, 0.6) is 11.6 Å². The molecule has 4 aliphatic heterocycles. The minimum atomic E-state index is -0.577. The summed E-state index contributed by atoms with van der Waals surface area (Å²) in [6.07, 6.45) is 9.14. The predicted octanol–water partition coefficient (Wildman–Crippen LogP) is 3.54. The molecule has 8 heterocycles. The van der Waals surface area contributed by atoms with Crippen molar-refractivity contribution in [2.24, 2.45) is 0 Å². The van der Waals surface area contributed by atoms with Gasteiger partial charge in [0.25, 0.3) is 0 Å². The van der Waals surface area contributed by atoms with Crippen molar-refractivity contribution in [3.05, 3.63) is 60.3 Å². The molecule has 0 spiro atoms. The fourth-order valence-electron chi connectivity index (χ4n) is 6.55. The second-order valence-electron chi connectivity index (χ2n) is 13.4. The van der Waals surface area contributed by atoms with Gasteiger partial charge in [-0.25, -0.2) is 19.3 Å². The molecule has 4 aromatic heterocycles. The van der Waals surface area contributed by atoms with Gasteiger partial charge in [0.05, 0.1) is 61.8 Å². The second-order valence-corrected chi connectivity index (χ2v) is 13.4. The molecule has 2 unspecified atom stereocenters. The van der Waals surface area contributed by atoms with Gasteiger partial charge in [-0.05, 0) is 38.8 Å². The van der Waals surface area contributed by atoms with Gasteiger partial charge < -0.3 is 28.7 Å². The highest BCUT2D eigenvalue weighted by Gasteiger charge is 2.44. The number of nitrogens with zero attached hydrogens (tertiary/aromatic N) is 9. The SMILES string of the molecule is COc1ccc(CN2C3CC2CN(c2cnc(-c4cc(OC[C@H]5CN(C(=O)OC(C)(C)C)CCO5)cn5ncc(C#N)c45)cn2)C3)cn1. The van der Waals surface area contributed by atoms with Crippen LogP contribution in [0, 0.1) is 11.3 Å². The number of aromatic nitrogens is 5. The topological polar surface area (TPSA) is 143 Å². The van der Waals surface area contributed by atoms with Crippen molar-refractivity contribution in [1.82, 2.24) is 34.4 Å². The second kappa shape index (κ2) is 12.9. The highest BCUT2D eigenvalue weighted by atomic mass is 16.6. The molecule has 2 bridgehead atoms. The molecule has 0 N–H and O–H groups in total. The zero-order chi connectivity index (χ0) is 33.4. The zero-order valence-corrected chi connectivity index (χ0v) is 27.6. The molecule has 14 nitrogen and oxygen atoms in total. The first kappa shape index (κ1) is 31.6. The largest absolute Gasteiger partial charge is 0.489 e. The van der Waals surface area contributed by atoms with Crippen molar-refractivity contribution >= 4 is 17.4 Å². The number of fused-ring (bicyclic) bond motifs is 3. The van der Waals surface area contributed by atoms with Gasteiger partial charge in [0.2, 0.25) is 5.88 Å². The van der Waals surface area contributed by atoms with E-state index in [2.05, 4.69) is 32.0 Å². The Hall–Kier alpha value is -5.00. The summed E-state index contributed by atoms with van der Waals surface area (Å²) in [6, 6.07) is 8.93. The van der Waals surface area contributed by atoms with E-state index in [0.29, 0.717) is 65.7 Å². The maximum Gasteiger partial charge on any atom is 0.410 e. The number of anilines is 1. The first-order chi connectivity index (χ1) is 23.2. The van der Waals surface area contributed by atoms with Gasteiger partial charge >= 0.3 is 6.09 Å². The van der Waals surface area contributed by atoms with E-state index in [1.807, 2.05) is 39.1 Å². The maximum atomic E-state index is 12.6. The molecule has 0 radical (unpaired) electrons. The van der Waals surface area contributed by atoms with Crippen LogP contribution in [-0.2, 0) is 16.0 Å². The average molecular weight is 654 g/mol. The number of ether oxygens (including phenoxy) is 4. The van der Waals surface area contributed by atoms with Crippen molar-refractivity contribution in [3.63, 3.8) is 0 Å². The minimum absolute atomic E-state index is 0.213. The summed E-state index contributed by atoms with van der Waals surface area (Å²) in [5.41, 5.74) is 2.93. The number of pyridine rings is 2. The molecule has 0 aromatic carbocycles. The van der Waals surface area contributed by atoms with Crippen LogP contribution >= 0.6 is 0 Å². The predicted molar refractivity (Wildman–Crippen MR) is 175 cm³/mol. The van der Waals surface area contributed by atoms with Crippen LogP contribution in [0.2, 0.25) is 0 Å².